The van der Waals surface area contributed by atoms with Gasteiger partial charge in [0.15, 0.2) is 5.96 Å². The van der Waals surface area contributed by atoms with Crippen molar-refractivity contribution in [2.45, 2.75) is 53.3 Å². The van der Waals surface area contributed by atoms with Gasteiger partial charge in [-0.1, -0.05) is 38.1 Å². The van der Waals surface area contributed by atoms with Crippen LogP contribution in [0, 0.1) is 5.92 Å². The third-order valence-electron chi connectivity index (χ3n) is 5.11. The van der Waals surface area contributed by atoms with Crippen molar-refractivity contribution in [2.24, 2.45) is 10.9 Å². The zero-order valence-corrected chi connectivity index (χ0v) is 18.7. The smallest absolute Gasteiger partial charge is 0.191 e. The van der Waals surface area contributed by atoms with Crippen LogP contribution in [0.15, 0.2) is 29.3 Å². The molecule has 0 aliphatic carbocycles. The highest BCUT2D eigenvalue weighted by molar-refractivity contribution is 5.79. The molecule has 0 bridgehead atoms. The molecule has 1 atom stereocenters. The number of nitrogens with one attached hydrogen (secondary N) is 2. The summed E-state index contributed by atoms with van der Waals surface area (Å²) in [6.07, 6.45) is 1.26. The first-order valence-electron chi connectivity index (χ1n) is 11.1. The van der Waals surface area contributed by atoms with E-state index in [9.17, 15) is 0 Å². The minimum absolute atomic E-state index is 0.284. The van der Waals surface area contributed by atoms with Crippen LogP contribution in [0.3, 0.4) is 0 Å². The average molecular weight is 405 g/mol. The molecule has 164 valence electrons. The summed E-state index contributed by atoms with van der Waals surface area (Å²) < 4.78 is 11.3. The topological polar surface area (TPSA) is 58.1 Å². The molecule has 1 saturated heterocycles. The van der Waals surface area contributed by atoms with Gasteiger partial charge in [0.1, 0.15) is 0 Å². The van der Waals surface area contributed by atoms with Crippen LogP contribution >= 0.6 is 0 Å². The van der Waals surface area contributed by atoms with Gasteiger partial charge in [-0.25, -0.2) is 4.99 Å². The number of rotatable bonds is 11. The predicted octanol–water partition coefficient (Wildman–Crippen LogP) is 3.03. The van der Waals surface area contributed by atoms with Gasteiger partial charge in [0, 0.05) is 39.3 Å². The first-order chi connectivity index (χ1) is 14.1. The van der Waals surface area contributed by atoms with Crippen LogP contribution in [0.4, 0.5) is 0 Å². The number of morpholine rings is 1. The van der Waals surface area contributed by atoms with Crippen molar-refractivity contribution in [1.29, 1.82) is 0 Å². The summed E-state index contributed by atoms with van der Waals surface area (Å²) in [5.41, 5.74) is 2.58. The highest BCUT2D eigenvalue weighted by Gasteiger charge is 2.13. The first kappa shape index (κ1) is 23.6. The number of hydrogen-bond donors (Lipinski definition) is 2. The maximum absolute atomic E-state index is 5.84. The summed E-state index contributed by atoms with van der Waals surface area (Å²) in [6, 6.07) is 8.76. The molecule has 1 aliphatic heterocycles. The quantitative estimate of drug-likeness (QED) is 0.439. The van der Waals surface area contributed by atoms with E-state index in [1.54, 1.807) is 0 Å². The maximum Gasteiger partial charge on any atom is 0.191 e. The third kappa shape index (κ3) is 9.15. The Morgan fingerprint density at radius 2 is 1.93 bits per heavy atom. The molecule has 0 radical (unpaired) electrons. The maximum atomic E-state index is 5.84. The normalized spacial score (nSPS) is 16.8. The molecule has 1 aromatic carbocycles. The third-order valence-corrected chi connectivity index (χ3v) is 5.11. The van der Waals surface area contributed by atoms with Crippen LogP contribution in [-0.2, 0) is 22.6 Å². The van der Waals surface area contributed by atoms with E-state index in [0.717, 1.165) is 64.9 Å². The van der Waals surface area contributed by atoms with E-state index < -0.39 is 0 Å². The molecule has 6 nitrogen and oxygen atoms in total. The fraction of sp³-hybridized carbons (Fsp3) is 0.696. The SMILES string of the molecule is CCNC(=NCc1cccc(CN2CCOCC2)c1)NCCC(OCC)C(C)C. The number of hydrogen-bond acceptors (Lipinski definition) is 4. The molecule has 1 aromatic rings. The van der Waals surface area contributed by atoms with Crippen LogP contribution in [-0.4, -0.2) is 63.0 Å². The van der Waals surface area contributed by atoms with Crippen molar-refractivity contribution in [3.63, 3.8) is 0 Å². The summed E-state index contributed by atoms with van der Waals surface area (Å²) in [5, 5.41) is 6.80. The lowest BCUT2D eigenvalue weighted by Crippen LogP contribution is -2.39. The highest BCUT2D eigenvalue weighted by Crippen LogP contribution is 2.12. The minimum Gasteiger partial charge on any atom is -0.379 e. The monoisotopic (exact) mass is 404 g/mol. The summed E-state index contributed by atoms with van der Waals surface area (Å²) in [7, 11) is 0. The van der Waals surface area contributed by atoms with E-state index in [0.29, 0.717) is 12.5 Å². The van der Waals surface area contributed by atoms with Crippen molar-refractivity contribution >= 4 is 5.96 Å². The molecule has 29 heavy (non-hydrogen) atoms. The molecule has 6 heteroatoms. The van der Waals surface area contributed by atoms with Crippen molar-refractivity contribution in [2.75, 3.05) is 46.0 Å². The molecule has 1 aliphatic rings. The Bertz CT molecular complexity index is 600. The summed E-state index contributed by atoms with van der Waals surface area (Å²) in [5.74, 6) is 1.38. The van der Waals surface area contributed by atoms with Crippen LogP contribution in [0.1, 0.15) is 45.2 Å². The van der Waals surface area contributed by atoms with Crippen molar-refractivity contribution in [3.05, 3.63) is 35.4 Å². The van der Waals surface area contributed by atoms with Crippen LogP contribution in [0.25, 0.3) is 0 Å². The van der Waals surface area contributed by atoms with Gasteiger partial charge in [-0.3, -0.25) is 4.90 Å². The van der Waals surface area contributed by atoms with Crippen molar-refractivity contribution in [1.82, 2.24) is 15.5 Å². The standard InChI is InChI=1S/C23H40N4O2/c1-5-24-23(25-11-10-22(19(3)4)29-6-2)26-17-20-8-7-9-21(16-20)18-27-12-14-28-15-13-27/h7-9,16,19,22H,5-6,10-15,17-18H2,1-4H3,(H2,24,25,26). The van der Waals surface area contributed by atoms with E-state index in [1.165, 1.54) is 11.1 Å². The molecule has 2 rings (SSSR count). The molecule has 2 N–H and O–H groups in total. The van der Waals surface area contributed by atoms with Gasteiger partial charge in [0.25, 0.3) is 0 Å². The van der Waals surface area contributed by atoms with Gasteiger partial charge in [-0.05, 0) is 37.3 Å². The number of nitrogens with zero attached hydrogens (tertiary/aromatic N) is 2. The van der Waals surface area contributed by atoms with Crippen LogP contribution < -0.4 is 10.6 Å². The van der Waals surface area contributed by atoms with E-state index in [2.05, 4.69) is 67.5 Å². The van der Waals surface area contributed by atoms with Gasteiger partial charge in [-0.2, -0.15) is 0 Å². The first-order valence-corrected chi connectivity index (χ1v) is 11.1. The fourth-order valence-electron chi connectivity index (χ4n) is 3.51. The van der Waals surface area contributed by atoms with Crippen LogP contribution in [0.5, 0.6) is 0 Å². The lowest BCUT2D eigenvalue weighted by atomic mass is 10.0. The lowest BCUT2D eigenvalue weighted by molar-refractivity contribution is 0.0258. The Hall–Kier alpha value is -1.63. The molecule has 0 aromatic heterocycles. The fourth-order valence-corrected chi connectivity index (χ4v) is 3.51. The van der Waals surface area contributed by atoms with E-state index in [-0.39, 0.29) is 6.10 Å². The Morgan fingerprint density at radius 1 is 1.17 bits per heavy atom. The molecule has 0 amide bonds. The Balaban J connectivity index is 1.87. The molecular weight excluding hydrogens is 364 g/mol. The van der Waals surface area contributed by atoms with Crippen molar-refractivity contribution in [3.8, 4) is 0 Å². The van der Waals surface area contributed by atoms with Crippen LogP contribution in [0.2, 0.25) is 0 Å². The minimum atomic E-state index is 0.284. The number of ether oxygens (including phenoxy) is 2. The predicted molar refractivity (Wildman–Crippen MR) is 120 cm³/mol. The molecule has 0 spiro atoms. The highest BCUT2D eigenvalue weighted by atomic mass is 16.5. The van der Waals surface area contributed by atoms with E-state index in [1.807, 2.05) is 0 Å². The molecule has 0 saturated carbocycles. The Kier molecular flexibility index (Phi) is 11.1. The van der Waals surface area contributed by atoms with E-state index >= 15 is 0 Å². The second kappa shape index (κ2) is 13.6. The summed E-state index contributed by atoms with van der Waals surface area (Å²) in [6.45, 7) is 16.4. The lowest BCUT2D eigenvalue weighted by Gasteiger charge is -2.26. The van der Waals surface area contributed by atoms with Gasteiger partial charge in [0.2, 0.25) is 0 Å². The number of guanidine groups is 1. The zero-order chi connectivity index (χ0) is 20.9. The van der Waals surface area contributed by atoms with Crippen molar-refractivity contribution < 1.29 is 9.47 Å². The molecular formula is C23H40N4O2. The van der Waals surface area contributed by atoms with Gasteiger partial charge in [-0.15, -0.1) is 0 Å². The van der Waals surface area contributed by atoms with Gasteiger partial charge in [0.05, 0.1) is 25.9 Å². The second-order valence-corrected chi connectivity index (χ2v) is 7.86. The summed E-state index contributed by atoms with van der Waals surface area (Å²) in [4.78, 5) is 7.22. The Morgan fingerprint density at radius 3 is 2.62 bits per heavy atom. The number of aliphatic imine (C=N–C) groups is 1. The average Bonchev–Trinajstić information content (AvgIpc) is 2.72. The largest absolute Gasteiger partial charge is 0.379 e. The van der Waals surface area contributed by atoms with Gasteiger partial charge >= 0.3 is 0 Å². The molecule has 1 heterocycles. The summed E-state index contributed by atoms with van der Waals surface area (Å²) >= 11 is 0. The Labute approximate surface area is 177 Å². The van der Waals surface area contributed by atoms with Gasteiger partial charge < -0.3 is 20.1 Å². The second-order valence-electron chi connectivity index (χ2n) is 7.86. The molecule has 1 unspecified atom stereocenters. The van der Waals surface area contributed by atoms with E-state index in [4.69, 9.17) is 14.5 Å². The number of benzene rings is 1. The zero-order valence-electron chi connectivity index (χ0n) is 18.7. The molecule has 1 fully saturated rings.